The average Bonchev–Trinajstić information content (AvgIpc) is 2.78. The summed E-state index contributed by atoms with van der Waals surface area (Å²) in [5, 5.41) is 3.62. The zero-order valence-corrected chi connectivity index (χ0v) is 20.1. The van der Waals surface area contributed by atoms with E-state index in [1.165, 1.54) is 11.8 Å². The SMILES string of the molecule is CC[C@@H](C)NC(=O)[C@@H](C)N(Cc1ccc(Cl)cc1)C(=O)CSCc1ccc(OC)cc1. The monoisotopic (exact) mass is 462 g/mol. The van der Waals surface area contributed by atoms with E-state index in [2.05, 4.69) is 5.32 Å². The number of amides is 2. The zero-order chi connectivity index (χ0) is 22.8. The Kier molecular flexibility index (Phi) is 10.2. The van der Waals surface area contributed by atoms with E-state index in [0.717, 1.165) is 23.3 Å². The summed E-state index contributed by atoms with van der Waals surface area (Å²) in [7, 11) is 1.64. The van der Waals surface area contributed by atoms with E-state index in [1.54, 1.807) is 31.1 Å². The minimum atomic E-state index is -0.571. The number of methoxy groups -OCH3 is 1. The Morgan fingerprint density at radius 2 is 1.68 bits per heavy atom. The number of rotatable bonds is 11. The molecule has 2 aromatic carbocycles. The van der Waals surface area contributed by atoms with Crippen LogP contribution in [0.1, 0.15) is 38.3 Å². The Morgan fingerprint density at radius 3 is 2.26 bits per heavy atom. The Balaban J connectivity index is 2.04. The molecule has 2 rings (SSSR count). The van der Waals surface area contributed by atoms with Crippen LogP contribution in [0.15, 0.2) is 48.5 Å². The lowest BCUT2D eigenvalue weighted by Crippen LogP contribution is -2.50. The molecule has 7 heteroatoms. The van der Waals surface area contributed by atoms with Crippen LogP contribution in [0, 0.1) is 0 Å². The highest BCUT2D eigenvalue weighted by molar-refractivity contribution is 7.99. The topological polar surface area (TPSA) is 58.6 Å². The predicted molar refractivity (Wildman–Crippen MR) is 129 cm³/mol. The molecule has 0 aromatic heterocycles. The summed E-state index contributed by atoms with van der Waals surface area (Å²) >= 11 is 7.52. The minimum Gasteiger partial charge on any atom is -0.497 e. The molecule has 0 radical (unpaired) electrons. The molecule has 168 valence electrons. The van der Waals surface area contributed by atoms with Gasteiger partial charge < -0.3 is 15.0 Å². The summed E-state index contributed by atoms with van der Waals surface area (Å²) in [4.78, 5) is 27.4. The smallest absolute Gasteiger partial charge is 0.242 e. The molecule has 2 atom stereocenters. The van der Waals surface area contributed by atoms with Gasteiger partial charge in [0.05, 0.1) is 12.9 Å². The summed E-state index contributed by atoms with van der Waals surface area (Å²) < 4.78 is 5.18. The van der Waals surface area contributed by atoms with Gasteiger partial charge >= 0.3 is 0 Å². The molecule has 5 nitrogen and oxygen atoms in total. The van der Waals surface area contributed by atoms with Gasteiger partial charge in [-0.3, -0.25) is 9.59 Å². The lowest BCUT2D eigenvalue weighted by atomic mass is 10.1. The molecule has 0 heterocycles. The number of hydrogen-bond acceptors (Lipinski definition) is 4. The van der Waals surface area contributed by atoms with Gasteiger partial charge in [0.1, 0.15) is 11.8 Å². The molecular formula is C24H31ClN2O3S. The third-order valence-corrected chi connectivity index (χ3v) is 6.33. The van der Waals surface area contributed by atoms with Gasteiger partial charge in [-0.2, -0.15) is 0 Å². The molecule has 0 aliphatic rings. The molecule has 1 N–H and O–H groups in total. The molecule has 2 amide bonds. The first-order valence-electron chi connectivity index (χ1n) is 10.4. The Labute approximate surface area is 194 Å². The summed E-state index contributed by atoms with van der Waals surface area (Å²) in [6.07, 6.45) is 0.835. The predicted octanol–water partition coefficient (Wildman–Crippen LogP) is 4.91. The third-order valence-electron chi connectivity index (χ3n) is 5.09. The Hall–Kier alpha value is -2.18. The van der Waals surface area contributed by atoms with Gasteiger partial charge in [-0.1, -0.05) is 42.8 Å². The molecule has 0 fully saturated rings. The van der Waals surface area contributed by atoms with Gasteiger partial charge in [0.2, 0.25) is 11.8 Å². The van der Waals surface area contributed by atoms with Gasteiger partial charge in [0.25, 0.3) is 0 Å². The second kappa shape index (κ2) is 12.6. The van der Waals surface area contributed by atoms with Crippen molar-refractivity contribution in [2.45, 2.75) is 51.6 Å². The first-order chi connectivity index (χ1) is 14.8. The van der Waals surface area contributed by atoms with Crippen LogP contribution in [0.2, 0.25) is 5.02 Å². The molecule has 0 unspecified atom stereocenters. The third kappa shape index (κ3) is 8.11. The normalized spacial score (nSPS) is 12.7. The van der Waals surface area contributed by atoms with Crippen LogP contribution in [0.4, 0.5) is 0 Å². The molecule has 0 saturated heterocycles. The summed E-state index contributed by atoms with van der Waals surface area (Å²) in [6, 6.07) is 14.6. The molecule has 0 aliphatic carbocycles. The highest BCUT2D eigenvalue weighted by atomic mass is 35.5. The number of carbonyl (C=O) groups is 2. The Morgan fingerprint density at radius 1 is 1.06 bits per heavy atom. The van der Waals surface area contributed by atoms with Gasteiger partial charge in [-0.05, 0) is 55.7 Å². The molecular weight excluding hydrogens is 432 g/mol. The fourth-order valence-electron chi connectivity index (χ4n) is 2.90. The molecule has 2 aromatic rings. The number of nitrogens with one attached hydrogen (secondary N) is 1. The van der Waals surface area contributed by atoms with Crippen molar-refractivity contribution < 1.29 is 14.3 Å². The zero-order valence-electron chi connectivity index (χ0n) is 18.6. The second-order valence-electron chi connectivity index (χ2n) is 7.48. The van der Waals surface area contributed by atoms with E-state index >= 15 is 0 Å². The standard InChI is InChI=1S/C24H31ClN2O3S/c1-5-17(2)26-24(29)18(3)27(14-19-6-10-21(25)11-7-19)23(28)16-31-15-20-8-12-22(30-4)13-9-20/h6-13,17-18H,5,14-16H2,1-4H3,(H,26,29)/t17-,18-/m1/s1. The Bertz CT molecular complexity index is 843. The maximum Gasteiger partial charge on any atom is 0.242 e. The maximum absolute atomic E-state index is 13.1. The van der Waals surface area contributed by atoms with Crippen molar-refractivity contribution in [3.8, 4) is 5.75 Å². The van der Waals surface area contributed by atoms with Crippen molar-refractivity contribution in [2.24, 2.45) is 0 Å². The number of ether oxygens (including phenoxy) is 1. The van der Waals surface area contributed by atoms with Crippen molar-refractivity contribution in [2.75, 3.05) is 12.9 Å². The molecule has 0 bridgehead atoms. The van der Waals surface area contributed by atoms with Crippen LogP contribution < -0.4 is 10.1 Å². The largest absolute Gasteiger partial charge is 0.497 e. The van der Waals surface area contributed by atoms with Crippen LogP contribution in [-0.2, 0) is 21.9 Å². The highest BCUT2D eigenvalue weighted by Crippen LogP contribution is 2.19. The van der Waals surface area contributed by atoms with Crippen molar-refractivity contribution >= 4 is 35.2 Å². The number of carbonyl (C=O) groups excluding carboxylic acids is 2. The van der Waals surface area contributed by atoms with E-state index < -0.39 is 6.04 Å². The molecule has 31 heavy (non-hydrogen) atoms. The van der Waals surface area contributed by atoms with Gasteiger partial charge in [0, 0.05) is 23.4 Å². The van der Waals surface area contributed by atoms with E-state index in [0.29, 0.717) is 23.1 Å². The van der Waals surface area contributed by atoms with Crippen molar-refractivity contribution in [3.05, 3.63) is 64.7 Å². The molecule has 0 spiro atoms. The van der Waals surface area contributed by atoms with E-state index in [4.69, 9.17) is 16.3 Å². The molecule has 0 saturated carbocycles. The van der Waals surface area contributed by atoms with Gasteiger partial charge in [0.15, 0.2) is 0 Å². The summed E-state index contributed by atoms with van der Waals surface area (Å²) in [5.41, 5.74) is 2.05. The number of benzene rings is 2. The van der Waals surface area contributed by atoms with Crippen LogP contribution in [0.25, 0.3) is 0 Å². The average molecular weight is 463 g/mol. The van der Waals surface area contributed by atoms with Gasteiger partial charge in [-0.15, -0.1) is 11.8 Å². The fourth-order valence-corrected chi connectivity index (χ4v) is 3.89. The second-order valence-corrected chi connectivity index (χ2v) is 8.90. The highest BCUT2D eigenvalue weighted by Gasteiger charge is 2.26. The van der Waals surface area contributed by atoms with Crippen LogP contribution in [-0.4, -0.2) is 41.7 Å². The van der Waals surface area contributed by atoms with Crippen molar-refractivity contribution in [1.29, 1.82) is 0 Å². The summed E-state index contributed by atoms with van der Waals surface area (Å²) in [6.45, 7) is 6.11. The number of thioether (sulfide) groups is 1. The quantitative estimate of drug-likeness (QED) is 0.515. The lowest BCUT2D eigenvalue weighted by molar-refractivity contribution is -0.138. The van der Waals surface area contributed by atoms with E-state index in [1.807, 2.05) is 50.2 Å². The number of hydrogen-bond donors (Lipinski definition) is 1. The van der Waals surface area contributed by atoms with E-state index in [9.17, 15) is 9.59 Å². The van der Waals surface area contributed by atoms with Crippen LogP contribution in [0.5, 0.6) is 5.75 Å². The first-order valence-corrected chi connectivity index (χ1v) is 11.9. The minimum absolute atomic E-state index is 0.0619. The van der Waals surface area contributed by atoms with Crippen molar-refractivity contribution in [1.82, 2.24) is 10.2 Å². The number of halogens is 1. The summed E-state index contributed by atoms with van der Waals surface area (Å²) in [5.74, 6) is 1.59. The lowest BCUT2D eigenvalue weighted by Gasteiger charge is -2.29. The fraction of sp³-hybridized carbons (Fsp3) is 0.417. The first kappa shape index (κ1) is 25.1. The molecule has 0 aliphatic heterocycles. The van der Waals surface area contributed by atoms with Crippen LogP contribution >= 0.6 is 23.4 Å². The maximum atomic E-state index is 13.1. The number of nitrogens with zero attached hydrogens (tertiary/aromatic N) is 1. The van der Waals surface area contributed by atoms with Gasteiger partial charge in [-0.25, -0.2) is 0 Å². The van der Waals surface area contributed by atoms with Crippen molar-refractivity contribution in [3.63, 3.8) is 0 Å². The van der Waals surface area contributed by atoms with E-state index in [-0.39, 0.29) is 17.9 Å². The van der Waals surface area contributed by atoms with Crippen LogP contribution in [0.3, 0.4) is 0 Å².